The lowest BCUT2D eigenvalue weighted by atomic mass is 9.81. The summed E-state index contributed by atoms with van der Waals surface area (Å²) in [7, 11) is 3.81. The van der Waals surface area contributed by atoms with Gasteiger partial charge in [-0.05, 0) is 33.3 Å². The molecule has 1 aliphatic rings. The number of rotatable bonds is 19. The largest absolute Gasteiger partial charge is 0.467 e. The first-order chi connectivity index (χ1) is 24.7. The summed E-state index contributed by atoms with van der Waals surface area (Å²) in [6.07, 6.45) is 23.3. The van der Waals surface area contributed by atoms with Crippen LogP contribution in [0, 0.1) is 5.41 Å². The highest BCUT2D eigenvalue weighted by Crippen LogP contribution is 2.28. The van der Waals surface area contributed by atoms with Crippen molar-refractivity contribution < 1.29 is 52.9 Å². The predicted molar refractivity (Wildman–Crippen MR) is 190 cm³/mol. The first-order valence-corrected chi connectivity index (χ1v) is 16.4. The Bertz CT molecular complexity index is 1530. The van der Waals surface area contributed by atoms with Gasteiger partial charge in [0.05, 0.1) is 30.9 Å². The summed E-state index contributed by atoms with van der Waals surface area (Å²) in [6.45, 7) is 6.03. The minimum Gasteiger partial charge on any atom is -0.467 e. The van der Waals surface area contributed by atoms with E-state index in [9.17, 15) is 29.5 Å². The van der Waals surface area contributed by atoms with E-state index in [1.54, 1.807) is 76.4 Å². The number of oxazole rings is 1. The van der Waals surface area contributed by atoms with Crippen molar-refractivity contribution in [3.05, 3.63) is 103 Å². The molecule has 0 bridgehead atoms. The Morgan fingerprint density at radius 2 is 1.71 bits per heavy atom. The molecule has 1 aromatic heterocycles. The SMILES string of the molecule is COC(=O)C(C(C)OC)N(C)C(=O)C1(N(O)C(=O)C=CC=CC=CC=CCNC(=O)C(C)(C)C(O)C(C)=CC=CC=CCc2cnco2)COCO1. The Balaban J connectivity index is 1.86. The van der Waals surface area contributed by atoms with E-state index in [4.69, 9.17) is 23.4 Å². The zero-order valence-electron chi connectivity index (χ0n) is 30.6. The molecule has 0 aromatic carbocycles. The molecule has 1 aliphatic heterocycles. The molecule has 1 fully saturated rings. The fourth-order valence-electron chi connectivity index (χ4n) is 4.84. The fourth-order valence-corrected chi connectivity index (χ4v) is 4.84. The molecule has 4 atom stereocenters. The van der Waals surface area contributed by atoms with Crippen LogP contribution in [0.25, 0.3) is 0 Å². The number of allylic oxidation sites excluding steroid dienone is 11. The van der Waals surface area contributed by atoms with Crippen LogP contribution >= 0.6 is 0 Å². The molecule has 15 heteroatoms. The standard InChI is InChI=1S/C37H50N4O11/c1-27(19-15-12-13-16-20-29-23-38-25-51-29)32(43)36(3,4)34(45)39-22-18-14-10-8-9-11-17-21-30(42)41(47)37(24-50-26-52-37)35(46)40(5)31(28(2)48-6)33(44)49-7/h8-19,21,23,25,28,31-32,43,47H,20,22,24,26H2,1-7H3,(H,39,45). The second-order valence-electron chi connectivity index (χ2n) is 12.2. The van der Waals surface area contributed by atoms with Gasteiger partial charge in [0.2, 0.25) is 5.91 Å². The number of methoxy groups -OCH3 is 2. The summed E-state index contributed by atoms with van der Waals surface area (Å²) in [4.78, 5) is 56.3. The number of nitrogens with one attached hydrogen (secondary N) is 1. The van der Waals surface area contributed by atoms with E-state index >= 15 is 0 Å². The molecule has 284 valence electrons. The Labute approximate surface area is 304 Å². The monoisotopic (exact) mass is 726 g/mol. The van der Waals surface area contributed by atoms with Crippen LogP contribution in [0.2, 0.25) is 0 Å². The number of ether oxygens (including phenoxy) is 4. The van der Waals surface area contributed by atoms with Crippen LogP contribution in [-0.4, -0.2) is 114 Å². The average Bonchev–Trinajstić information content (AvgIpc) is 3.86. The van der Waals surface area contributed by atoms with Gasteiger partial charge in [-0.25, -0.2) is 9.78 Å². The Morgan fingerprint density at radius 3 is 2.33 bits per heavy atom. The Kier molecular flexibility index (Phi) is 17.8. The molecule has 15 nitrogen and oxygen atoms in total. The van der Waals surface area contributed by atoms with Gasteiger partial charge in [0.15, 0.2) is 19.2 Å². The van der Waals surface area contributed by atoms with Crippen molar-refractivity contribution in [1.29, 1.82) is 0 Å². The van der Waals surface area contributed by atoms with Gasteiger partial charge in [-0.2, -0.15) is 5.06 Å². The van der Waals surface area contributed by atoms with Crippen LogP contribution in [-0.2, 0) is 44.5 Å². The van der Waals surface area contributed by atoms with Crippen molar-refractivity contribution in [3.63, 3.8) is 0 Å². The number of hydroxylamine groups is 2. The number of nitrogens with zero attached hydrogens (tertiary/aromatic N) is 3. The molecule has 0 spiro atoms. The summed E-state index contributed by atoms with van der Waals surface area (Å²) in [5.41, 5.74) is -2.68. The molecule has 3 N–H and O–H groups in total. The van der Waals surface area contributed by atoms with Crippen molar-refractivity contribution in [2.24, 2.45) is 5.41 Å². The summed E-state index contributed by atoms with van der Waals surface area (Å²) >= 11 is 0. The fraction of sp³-hybridized carbons (Fsp3) is 0.432. The molecule has 2 rings (SSSR count). The summed E-state index contributed by atoms with van der Waals surface area (Å²) < 4.78 is 25.7. The van der Waals surface area contributed by atoms with Crippen molar-refractivity contribution in [1.82, 2.24) is 20.3 Å². The third kappa shape index (κ3) is 12.1. The second-order valence-corrected chi connectivity index (χ2v) is 12.2. The first-order valence-electron chi connectivity index (χ1n) is 16.4. The second kappa shape index (κ2) is 21.4. The lowest BCUT2D eigenvalue weighted by Gasteiger charge is -2.38. The summed E-state index contributed by atoms with van der Waals surface area (Å²) in [6, 6.07) is -1.20. The van der Waals surface area contributed by atoms with E-state index in [1.807, 2.05) is 18.2 Å². The molecular weight excluding hydrogens is 676 g/mol. The van der Waals surface area contributed by atoms with E-state index < -0.39 is 53.8 Å². The van der Waals surface area contributed by atoms with Crippen molar-refractivity contribution in [2.45, 2.75) is 58.1 Å². The van der Waals surface area contributed by atoms with Crippen molar-refractivity contribution in [3.8, 4) is 0 Å². The molecule has 0 aliphatic carbocycles. The number of hydrogen-bond acceptors (Lipinski definition) is 12. The maximum absolute atomic E-state index is 13.5. The van der Waals surface area contributed by atoms with Crippen molar-refractivity contribution in [2.75, 3.05) is 41.2 Å². The lowest BCUT2D eigenvalue weighted by Crippen LogP contribution is -2.64. The average molecular weight is 727 g/mol. The van der Waals surface area contributed by atoms with E-state index in [1.165, 1.54) is 32.7 Å². The predicted octanol–water partition coefficient (Wildman–Crippen LogP) is 2.96. The topological polar surface area (TPSA) is 190 Å². The van der Waals surface area contributed by atoms with Gasteiger partial charge in [0, 0.05) is 33.2 Å². The first kappa shape index (κ1) is 43.2. The molecule has 52 heavy (non-hydrogen) atoms. The smallest absolute Gasteiger partial charge is 0.331 e. The van der Waals surface area contributed by atoms with Crippen LogP contribution < -0.4 is 5.32 Å². The number of aliphatic hydroxyl groups excluding tert-OH is 1. The van der Waals surface area contributed by atoms with Crippen LogP contribution in [0.15, 0.2) is 102 Å². The third-order valence-corrected chi connectivity index (χ3v) is 8.09. The van der Waals surface area contributed by atoms with E-state index in [-0.39, 0.29) is 24.3 Å². The molecule has 0 radical (unpaired) electrons. The van der Waals surface area contributed by atoms with Gasteiger partial charge in [-0.3, -0.25) is 19.6 Å². The van der Waals surface area contributed by atoms with Crippen LogP contribution in [0.4, 0.5) is 0 Å². The number of amides is 3. The zero-order chi connectivity index (χ0) is 38.7. The van der Waals surface area contributed by atoms with Gasteiger partial charge < -0.3 is 38.7 Å². The number of aliphatic hydroxyl groups is 1. The third-order valence-electron chi connectivity index (χ3n) is 8.09. The lowest BCUT2D eigenvalue weighted by molar-refractivity contribution is -0.246. The van der Waals surface area contributed by atoms with Gasteiger partial charge in [0.25, 0.3) is 17.5 Å². The minimum absolute atomic E-state index is 0.124. The molecule has 0 saturated carbocycles. The molecule has 2 heterocycles. The van der Waals surface area contributed by atoms with E-state index in [0.717, 1.165) is 23.8 Å². The van der Waals surface area contributed by atoms with Crippen LogP contribution in [0.1, 0.15) is 33.5 Å². The quantitative estimate of drug-likeness (QED) is 0.0623. The Morgan fingerprint density at radius 1 is 1.06 bits per heavy atom. The number of esters is 1. The highest BCUT2D eigenvalue weighted by molar-refractivity contribution is 5.95. The summed E-state index contributed by atoms with van der Waals surface area (Å²) in [5.74, 6) is -2.22. The minimum atomic E-state index is -2.24. The molecule has 4 unspecified atom stereocenters. The molecule has 1 saturated heterocycles. The molecule has 3 amide bonds. The maximum atomic E-state index is 13.5. The van der Waals surface area contributed by atoms with Gasteiger partial charge in [-0.15, -0.1) is 0 Å². The van der Waals surface area contributed by atoms with Gasteiger partial charge in [-0.1, -0.05) is 72.9 Å². The zero-order valence-corrected chi connectivity index (χ0v) is 30.6. The highest BCUT2D eigenvalue weighted by atomic mass is 16.8. The maximum Gasteiger partial charge on any atom is 0.331 e. The number of hydrogen-bond donors (Lipinski definition) is 3. The number of likely N-dealkylation sites (N-methyl/N-ethyl adjacent to an activating group) is 1. The molecular formula is C37H50N4O11. The Hall–Kier alpha value is -4.93. The number of carbonyl (C=O) groups is 4. The van der Waals surface area contributed by atoms with Crippen molar-refractivity contribution >= 4 is 23.7 Å². The van der Waals surface area contributed by atoms with E-state index in [0.29, 0.717) is 12.0 Å². The van der Waals surface area contributed by atoms with Crippen LogP contribution in [0.3, 0.4) is 0 Å². The highest BCUT2D eigenvalue weighted by Gasteiger charge is 2.54. The van der Waals surface area contributed by atoms with Gasteiger partial charge >= 0.3 is 5.97 Å². The molecule has 1 aromatic rings. The van der Waals surface area contributed by atoms with Crippen LogP contribution in [0.5, 0.6) is 0 Å². The van der Waals surface area contributed by atoms with Gasteiger partial charge in [0.1, 0.15) is 12.4 Å². The van der Waals surface area contributed by atoms with E-state index in [2.05, 4.69) is 10.3 Å². The number of carbonyl (C=O) groups excluding carboxylic acids is 4. The number of aromatic nitrogens is 1. The summed E-state index contributed by atoms with van der Waals surface area (Å²) in [5, 5.41) is 24.5. The normalized spacial score (nSPS) is 19.0.